The quantitative estimate of drug-likeness (QED) is 0.218. The van der Waals surface area contributed by atoms with Gasteiger partial charge in [-0.05, 0) is 75.3 Å². The van der Waals surface area contributed by atoms with Crippen molar-refractivity contribution < 1.29 is 26.2 Å². The summed E-state index contributed by atoms with van der Waals surface area (Å²) in [5, 5.41) is 0. The molecule has 4 aromatic rings. The van der Waals surface area contributed by atoms with Crippen LogP contribution in [0.25, 0.3) is 22.3 Å². The van der Waals surface area contributed by atoms with E-state index in [1.54, 1.807) is 0 Å². The van der Waals surface area contributed by atoms with Crippen LogP contribution < -0.4 is 0 Å². The van der Waals surface area contributed by atoms with Gasteiger partial charge >= 0.3 is 0 Å². The third-order valence-corrected chi connectivity index (χ3v) is 7.06. The van der Waals surface area contributed by atoms with Gasteiger partial charge in [-0.2, -0.15) is 0 Å². The summed E-state index contributed by atoms with van der Waals surface area (Å²) in [6.45, 7) is 6.82. The number of hydrogen-bond acceptors (Lipinski definition) is 0. The van der Waals surface area contributed by atoms with Crippen LogP contribution in [0.1, 0.15) is 48.6 Å². The van der Waals surface area contributed by atoms with Crippen molar-refractivity contribution in [3.63, 3.8) is 0 Å². The molecule has 0 bridgehead atoms. The number of allylic oxidation sites excluding steroid dienone is 4. The van der Waals surface area contributed by atoms with Gasteiger partial charge in [0, 0.05) is 26.2 Å². The average molecular weight is 532 g/mol. The molecular weight excluding hydrogens is 500 g/mol. The molecule has 172 valence electrons. The summed E-state index contributed by atoms with van der Waals surface area (Å²) in [5.41, 5.74) is 12.8. The van der Waals surface area contributed by atoms with Crippen LogP contribution in [-0.4, -0.2) is 0 Å². The Bertz CT molecular complexity index is 1330. The van der Waals surface area contributed by atoms with Crippen LogP contribution in [0.15, 0.2) is 115 Å². The van der Waals surface area contributed by atoms with E-state index in [-0.39, 0.29) is 31.6 Å². The van der Waals surface area contributed by atoms with Crippen molar-refractivity contribution in [2.45, 2.75) is 33.6 Å². The topological polar surface area (TPSA) is 0 Å². The summed E-state index contributed by atoms with van der Waals surface area (Å²) in [7, 11) is 0. The second-order valence-corrected chi connectivity index (χ2v) is 9.88. The molecule has 0 saturated heterocycles. The molecule has 4 aromatic carbocycles. The first kappa shape index (κ1) is 25.3. The first-order valence-electron chi connectivity index (χ1n) is 12.3. The summed E-state index contributed by atoms with van der Waals surface area (Å²) in [4.78, 5) is 0. The van der Waals surface area contributed by atoms with E-state index < -0.39 is 0 Å². The SMILES string of the molecule is CC=C1C=C(C(C)(C)Cc2ccccc2)c2ccccc21.[Zr].c1ccc2c(c1)Cc1ccccc1-2. The first-order chi connectivity index (χ1) is 16.6. The molecule has 0 spiro atoms. The molecule has 0 aliphatic heterocycles. The molecular formula is C34H32Zr. The van der Waals surface area contributed by atoms with Gasteiger partial charge in [0.1, 0.15) is 0 Å². The molecule has 0 saturated carbocycles. The molecule has 6 rings (SSSR count). The van der Waals surface area contributed by atoms with Gasteiger partial charge in [-0.25, -0.2) is 0 Å². The van der Waals surface area contributed by atoms with Crippen LogP contribution in [0.2, 0.25) is 0 Å². The molecule has 0 atom stereocenters. The third kappa shape index (κ3) is 5.26. The van der Waals surface area contributed by atoms with E-state index in [1.807, 2.05) is 0 Å². The Morgan fingerprint density at radius 1 is 0.629 bits per heavy atom. The van der Waals surface area contributed by atoms with Crippen LogP contribution in [0.5, 0.6) is 0 Å². The number of fused-ring (bicyclic) bond motifs is 4. The van der Waals surface area contributed by atoms with Crippen molar-refractivity contribution in [3.8, 4) is 11.1 Å². The van der Waals surface area contributed by atoms with E-state index in [4.69, 9.17) is 0 Å². The van der Waals surface area contributed by atoms with E-state index in [2.05, 4.69) is 136 Å². The smallest absolute Gasteiger partial charge is 0 e. The van der Waals surface area contributed by atoms with Gasteiger partial charge in [0.15, 0.2) is 0 Å². The number of rotatable bonds is 3. The molecule has 2 aliphatic carbocycles. The van der Waals surface area contributed by atoms with Crippen molar-refractivity contribution in [3.05, 3.63) is 143 Å². The molecule has 0 heterocycles. The predicted molar refractivity (Wildman–Crippen MR) is 147 cm³/mol. The van der Waals surface area contributed by atoms with E-state index >= 15 is 0 Å². The minimum atomic E-state index is 0. The van der Waals surface area contributed by atoms with Crippen LogP contribution in [-0.2, 0) is 39.0 Å². The van der Waals surface area contributed by atoms with Gasteiger partial charge in [-0.1, -0.05) is 129 Å². The van der Waals surface area contributed by atoms with E-state index in [9.17, 15) is 0 Å². The molecule has 0 nitrogen and oxygen atoms in total. The summed E-state index contributed by atoms with van der Waals surface area (Å²) in [6, 6.07) is 36.8. The Balaban J connectivity index is 0.000000177. The zero-order chi connectivity index (χ0) is 23.5. The maximum absolute atomic E-state index is 2.37. The minimum absolute atomic E-state index is 0. The van der Waals surface area contributed by atoms with E-state index in [0.29, 0.717) is 0 Å². The normalized spacial score (nSPS) is 14.1. The van der Waals surface area contributed by atoms with Crippen molar-refractivity contribution in [1.82, 2.24) is 0 Å². The Morgan fingerprint density at radius 3 is 1.69 bits per heavy atom. The zero-order valence-electron chi connectivity index (χ0n) is 20.9. The van der Waals surface area contributed by atoms with Crippen molar-refractivity contribution in [1.29, 1.82) is 0 Å². The molecule has 0 fully saturated rings. The number of hydrogen-bond donors (Lipinski definition) is 0. The summed E-state index contributed by atoms with van der Waals surface area (Å²) >= 11 is 0. The fourth-order valence-electron chi connectivity index (χ4n) is 5.36. The van der Waals surface area contributed by atoms with Crippen LogP contribution in [0.3, 0.4) is 0 Å². The third-order valence-electron chi connectivity index (χ3n) is 7.06. The Morgan fingerprint density at radius 2 is 1.11 bits per heavy atom. The summed E-state index contributed by atoms with van der Waals surface area (Å²) in [5.74, 6) is 0. The average Bonchev–Trinajstić information content (AvgIpc) is 3.44. The predicted octanol–water partition coefficient (Wildman–Crippen LogP) is 9.01. The molecule has 0 aromatic heterocycles. The Kier molecular flexibility index (Phi) is 7.88. The van der Waals surface area contributed by atoms with Crippen molar-refractivity contribution in [2.24, 2.45) is 5.41 Å². The van der Waals surface area contributed by atoms with E-state index in [0.717, 1.165) is 12.8 Å². The second-order valence-electron chi connectivity index (χ2n) is 9.88. The maximum atomic E-state index is 2.37. The molecule has 0 radical (unpaired) electrons. The Hall–Kier alpha value is -2.76. The largest absolute Gasteiger partial charge is 0.0798 e. The van der Waals surface area contributed by atoms with Gasteiger partial charge in [0.05, 0.1) is 0 Å². The van der Waals surface area contributed by atoms with E-state index in [1.165, 1.54) is 50.1 Å². The Labute approximate surface area is 229 Å². The van der Waals surface area contributed by atoms with Crippen LogP contribution >= 0.6 is 0 Å². The second kappa shape index (κ2) is 10.9. The fourth-order valence-corrected chi connectivity index (χ4v) is 5.36. The maximum Gasteiger partial charge on any atom is 0 e. The summed E-state index contributed by atoms with van der Waals surface area (Å²) < 4.78 is 0. The molecule has 35 heavy (non-hydrogen) atoms. The standard InChI is InChI=1S/C21H22.C13H10.Zr/c1-4-17-14-20(19-13-9-8-12-18(17)19)21(2,3)15-16-10-6-5-7-11-16;1-3-7-12-10(5-1)9-11-6-2-4-8-13(11)12;/h4-14H,15H2,1-3H3;1-8H,9H2;. The fraction of sp³-hybridized carbons (Fsp3) is 0.176. The van der Waals surface area contributed by atoms with Crippen LogP contribution in [0.4, 0.5) is 0 Å². The van der Waals surface area contributed by atoms with Crippen molar-refractivity contribution in [2.75, 3.05) is 0 Å². The first-order valence-corrected chi connectivity index (χ1v) is 12.3. The van der Waals surface area contributed by atoms with Gasteiger partial charge < -0.3 is 0 Å². The molecule has 0 amide bonds. The van der Waals surface area contributed by atoms with Gasteiger partial charge in [-0.15, -0.1) is 0 Å². The van der Waals surface area contributed by atoms with Crippen LogP contribution in [0, 0.1) is 5.41 Å². The monoisotopic (exact) mass is 530 g/mol. The van der Waals surface area contributed by atoms with Gasteiger partial charge in [-0.3, -0.25) is 0 Å². The molecule has 1 heteroatoms. The summed E-state index contributed by atoms with van der Waals surface area (Å²) in [6.07, 6.45) is 6.75. The van der Waals surface area contributed by atoms with Gasteiger partial charge in [0.25, 0.3) is 0 Å². The molecule has 0 N–H and O–H groups in total. The minimum Gasteiger partial charge on any atom is -0.0798 e. The number of benzene rings is 4. The van der Waals surface area contributed by atoms with Gasteiger partial charge in [0.2, 0.25) is 0 Å². The molecule has 2 aliphatic rings. The zero-order valence-corrected chi connectivity index (χ0v) is 23.3. The van der Waals surface area contributed by atoms with Crippen molar-refractivity contribution >= 4 is 11.1 Å². The molecule has 0 unspecified atom stereocenters.